The number of nitrogens with zero attached hydrogens (tertiary/aromatic N) is 1. The fourth-order valence-corrected chi connectivity index (χ4v) is 1.86. The van der Waals surface area contributed by atoms with Gasteiger partial charge >= 0.3 is 0 Å². The van der Waals surface area contributed by atoms with Crippen molar-refractivity contribution >= 4 is 0 Å². The Morgan fingerprint density at radius 2 is 1.67 bits per heavy atom. The van der Waals surface area contributed by atoms with Gasteiger partial charge in [0.25, 0.3) is 0 Å². The molecule has 0 spiro atoms. The van der Waals surface area contributed by atoms with Gasteiger partial charge < -0.3 is 4.90 Å². The van der Waals surface area contributed by atoms with Crippen molar-refractivity contribution in [2.75, 3.05) is 14.1 Å². The van der Waals surface area contributed by atoms with Crippen LogP contribution in [0.15, 0.2) is 0 Å². The third kappa shape index (κ3) is 4.10. The van der Waals surface area contributed by atoms with Gasteiger partial charge in [-0.1, -0.05) is 40.5 Å². The number of unbranched alkanes of at least 4 members (excludes halogenated alkanes) is 1. The summed E-state index contributed by atoms with van der Waals surface area (Å²) in [7, 11) is 4.37. The van der Waals surface area contributed by atoms with Crippen molar-refractivity contribution in [3.63, 3.8) is 0 Å². The molecule has 1 heteroatoms. The summed E-state index contributed by atoms with van der Waals surface area (Å²) in [5.41, 5.74) is 0.415. The first-order chi connectivity index (χ1) is 5.39. The van der Waals surface area contributed by atoms with Gasteiger partial charge in [0, 0.05) is 6.04 Å². The highest BCUT2D eigenvalue weighted by atomic mass is 15.1. The summed E-state index contributed by atoms with van der Waals surface area (Å²) in [6.07, 6.45) is 3.98. The molecule has 0 rings (SSSR count). The molecule has 0 aliphatic heterocycles. The Morgan fingerprint density at radius 1 is 1.17 bits per heavy atom. The van der Waals surface area contributed by atoms with E-state index in [0.717, 1.165) is 6.04 Å². The first-order valence-corrected chi connectivity index (χ1v) is 5.06. The van der Waals surface area contributed by atoms with Crippen molar-refractivity contribution in [2.45, 2.75) is 53.0 Å². The van der Waals surface area contributed by atoms with Gasteiger partial charge in [-0.2, -0.15) is 0 Å². The predicted octanol–water partition coefficient (Wildman–Crippen LogP) is 3.15. The smallest absolute Gasteiger partial charge is 0.0138 e. The van der Waals surface area contributed by atoms with Crippen LogP contribution in [0.5, 0.6) is 0 Å². The molecule has 0 amide bonds. The van der Waals surface area contributed by atoms with Gasteiger partial charge in [0.15, 0.2) is 0 Å². The zero-order valence-corrected chi connectivity index (χ0v) is 9.65. The molecule has 0 radical (unpaired) electrons. The molecule has 0 N–H and O–H groups in total. The zero-order chi connectivity index (χ0) is 9.78. The SMILES string of the molecule is CCCCC(N(C)C)C(C)(C)C. The van der Waals surface area contributed by atoms with Crippen LogP contribution >= 0.6 is 0 Å². The van der Waals surface area contributed by atoms with E-state index in [9.17, 15) is 0 Å². The Bertz CT molecular complexity index is 111. The molecule has 12 heavy (non-hydrogen) atoms. The molecule has 0 bridgehead atoms. The summed E-state index contributed by atoms with van der Waals surface area (Å²) in [5, 5.41) is 0. The third-order valence-corrected chi connectivity index (χ3v) is 2.45. The Labute approximate surface area is 78.1 Å². The second-order valence-corrected chi connectivity index (χ2v) is 4.99. The molecule has 0 aromatic heterocycles. The maximum atomic E-state index is 2.36. The van der Waals surface area contributed by atoms with Crippen LogP contribution < -0.4 is 0 Å². The number of rotatable bonds is 4. The molecule has 0 aromatic carbocycles. The minimum Gasteiger partial charge on any atom is -0.306 e. The highest BCUT2D eigenvalue weighted by Crippen LogP contribution is 2.26. The van der Waals surface area contributed by atoms with Crippen LogP contribution in [0.2, 0.25) is 0 Å². The van der Waals surface area contributed by atoms with Crippen LogP contribution in [0.3, 0.4) is 0 Å². The molecule has 0 saturated heterocycles. The second-order valence-electron chi connectivity index (χ2n) is 4.99. The molecule has 0 aliphatic carbocycles. The first-order valence-electron chi connectivity index (χ1n) is 5.06. The summed E-state index contributed by atoms with van der Waals surface area (Å²) >= 11 is 0. The van der Waals surface area contributed by atoms with E-state index in [1.165, 1.54) is 19.3 Å². The van der Waals surface area contributed by atoms with Crippen molar-refractivity contribution < 1.29 is 0 Å². The van der Waals surface area contributed by atoms with Gasteiger partial charge in [-0.3, -0.25) is 0 Å². The van der Waals surface area contributed by atoms with Crippen LogP contribution in [0.1, 0.15) is 47.0 Å². The largest absolute Gasteiger partial charge is 0.306 e. The fraction of sp³-hybridized carbons (Fsp3) is 1.00. The normalized spacial score (nSPS) is 15.2. The highest BCUT2D eigenvalue weighted by Gasteiger charge is 2.25. The molecule has 0 heterocycles. The van der Waals surface area contributed by atoms with E-state index >= 15 is 0 Å². The van der Waals surface area contributed by atoms with Gasteiger partial charge in [-0.25, -0.2) is 0 Å². The Kier molecular flexibility index (Phi) is 4.84. The fourth-order valence-electron chi connectivity index (χ4n) is 1.86. The van der Waals surface area contributed by atoms with Crippen LogP contribution in [0.25, 0.3) is 0 Å². The molecule has 1 nitrogen and oxygen atoms in total. The lowest BCUT2D eigenvalue weighted by Gasteiger charge is -2.36. The van der Waals surface area contributed by atoms with E-state index in [1.807, 2.05) is 0 Å². The summed E-state index contributed by atoms with van der Waals surface area (Å²) in [5.74, 6) is 0. The predicted molar refractivity (Wildman–Crippen MR) is 56.5 cm³/mol. The number of hydrogen-bond acceptors (Lipinski definition) is 1. The van der Waals surface area contributed by atoms with Crippen molar-refractivity contribution in [1.82, 2.24) is 4.90 Å². The summed E-state index contributed by atoms with van der Waals surface area (Å²) in [6, 6.07) is 0.720. The molecule has 74 valence electrons. The van der Waals surface area contributed by atoms with Gasteiger partial charge in [-0.15, -0.1) is 0 Å². The average molecular weight is 171 g/mol. The van der Waals surface area contributed by atoms with Gasteiger partial charge in [0.2, 0.25) is 0 Å². The summed E-state index contributed by atoms with van der Waals surface area (Å²) in [4.78, 5) is 2.36. The van der Waals surface area contributed by atoms with Crippen LogP contribution in [0.4, 0.5) is 0 Å². The average Bonchev–Trinajstić information content (AvgIpc) is 1.84. The summed E-state index contributed by atoms with van der Waals surface area (Å²) in [6.45, 7) is 9.24. The Morgan fingerprint density at radius 3 is 1.92 bits per heavy atom. The maximum absolute atomic E-state index is 2.36. The molecule has 1 atom stereocenters. The number of hydrogen-bond donors (Lipinski definition) is 0. The monoisotopic (exact) mass is 171 g/mol. The van der Waals surface area contributed by atoms with E-state index in [-0.39, 0.29) is 0 Å². The molecule has 1 unspecified atom stereocenters. The molecular weight excluding hydrogens is 146 g/mol. The molecule has 0 fully saturated rings. The minimum absolute atomic E-state index is 0.415. The van der Waals surface area contributed by atoms with E-state index < -0.39 is 0 Å². The Hall–Kier alpha value is -0.0400. The highest BCUT2D eigenvalue weighted by molar-refractivity contribution is 4.79. The Balaban J connectivity index is 4.05. The zero-order valence-electron chi connectivity index (χ0n) is 9.65. The van der Waals surface area contributed by atoms with Crippen LogP contribution in [-0.2, 0) is 0 Å². The van der Waals surface area contributed by atoms with Gasteiger partial charge in [0.1, 0.15) is 0 Å². The van der Waals surface area contributed by atoms with E-state index in [1.54, 1.807) is 0 Å². The molecule has 0 aliphatic rings. The van der Waals surface area contributed by atoms with Crippen LogP contribution in [0, 0.1) is 5.41 Å². The van der Waals surface area contributed by atoms with E-state index in [2.05, 4.69) is 46.7 Å². The van der Waals surface area contributed by atoms with E-state index in [0.29, 0.717) is 5.41 Å². The van der Waals surface area contributed by atoms with Crippen molar-refractivity contribution in [1.29, 1.82) is 0 Å². The standard InChI is InChI=1S/C11H25N/c1-7-8-9-10(12(5)6)11(2,3)4/h10H,7-9H2,1-6H3. The third-order valence-electron chi connectivity index (χ3n) is 2.45. The van der Waals surface area contributed by atoms with Crippen molar-refractivity contribution in [3.8, 4) is 0 Å². The van der Waals surface area contributed by atoms with Crippen molar-refractivity contribution in [2.24, 2.45) is 5.41 Å². The second kappa shape index (κ2) is 4.86. The first kappa shape index (κ1) is 12.0. The quantitative estimate of drug-likeness (QED) is 0.628. The molecular formula is C11H25N. The topological polar surface area (TPSA) is 3.24 Å². The van der Waals surface area contributed by atoms with Gasteiger partial charge in [0.05, 0.1) is 0 Å². The minimum atomic E-state index is 0.415. The van der Waals surface area contributed by atoms with E-state index in [4.69, 9.17) is 0 Å². The van der Waals surface area contributed by atoms with Crippen molar-refractivity contribution in [3.05, 3.63) is 0 Å². The maximum Gasteiger partial charge on any atom is 0.0138 e. The van der Waals surface area contributed by atoms with Crippen LogP contribution in [-0.4, -0.2) is 25.0 Å². The lowest BCUT2D eigenvalue weighted by Crippen LogP contribution is -2.39. The van der Waals surface area contributed by atoms with Gasteiger partial charge in [-0.05, 0) is 25.9 Å². The summed E-state index contributed by atoms with van der Waals surface area (Å²) < 4.78 is 0. The molecule has 0 aromatic rings. The lowest BCUT2D eigenvalue weighted by atomic mass is 9.83. The molecule has 0 saturated carbocycles. The lowest BCUT2D eigenvalue weighted by molar-refractivity contribution is 0.140.